The molecule has 0 spiro atoms. The minimum Gasteiger partial charge on any atom is -0.478 e. The fraction of sp³-hybridized carbons (Fsp3) is 0.237. The zero-order valence-corrected chi connectivity index (χ0v) is 29.1. The van der Waals surface area contributed by atoms with Gasteiger partial charge >= 0.3 is 0 Å². The number of aromatic nitrogens is 2. The smallest absolute Gasteiger partial charge is 0.294 e. The van der Waals surface area contributed by atoms with Crippen LogP contribution >= 0.6 is 0 Å². The van der Waals surface area contributed by atoms with E-state index in [-0.39, 0.29) is 34.1 Å². The number of hydrazine groups is 1. The van der Waals surface area contributed by atoms with E-state index in [1.165, 1.54) is 30.5 Å². The third-order valence-electron chi connectivity index (χ3n) is 8.24. The first kappa shape index (κ1) is 36.9. The summed E-state index contributed by atoms with van der Waals surface area (Å²) in [5.41, 5.74) is 8.61. The van der Waals surface area contributed by atoms with Crippen LogP contribution in [0.2, 0.25) is 0 Å². The molecule has 266 valence electrons. The molecule has 0 saturated carbocycles. The Balaban J connectivity index is 1.09. The van der Waals surface area contributed by atoms with E-state index in [0.717, 1.165) is 24.0 Å². The van der Waals surface area contributed by atoms with Crippen molar-refractivity contribution in [2.75, 3.05) is 18.6 Å². The standard InChI is InChI=1S/C38H40FN5O6S/c1-38(2,25-41-35(45)29-16-19-34(40-23-29)44-42-24-28-12-6-7-13-33(28)51(47,48)49)20-8-9-21-50-37-32(27-14-17-30(39)18-15-27)22-31(36(46)43-37)26-10-4-3-5-11-26/h3-7,10-19,22-23,42H,8-9,20-21,24-25H2,1-2H3,(H,40,44)(H,41,45)(H,43,46)(H,47,48,49). The number of aromatic amines is 1. The molecule has 0 aliphatic carbocycles. The van der Waals surface area contributed by atoms with Crippen LogP contribution in [0.3, 0.4) is 0 Å². The fourth-order valence-electron chi connectivity index (χ4n) is 5.43. The Hall–Kier alpha value is -5.37. The average molecular weight is 714 g/mol. The highest BCUT2D eigenvalue weighted by Gasteiger charge is 2.20. The third-order valence-corrected chi connectivity index (χ3v) is 9.19. The number of nitrogens with one attached hydrogen (secondary N) is 4. The molecule has 11 nitrogen and oxygen atoms in total. The molecular formula is C38H40FN5O6S. The summed E-state index contributed by atoms with van der Waals surface area (Å²) in [6, 6.07) is 26.5. The molecule has 1 amide bonds. The quantitative estimate of drug-likeness (QED) is 0.0430. The Morgan fingerprint density at radius 2 is 1.63 bits per heavy atom. The van der Waals surface area contributed by atoms with Crippen LogP contribution in [-0.4, -0.2) is 42.0 Å². The molecular weight excluding hydrogens is 674 g/mol. The second-order valence-corrected chi connectivity index (χ2v) is 14.2. The number of ether oxygens (including phenoxy) is 1. The molecule has 0 aliphatic rings. The lowest BCUT2D eigenvalue weighted by Crippen LogP contribution is -2.34. The molecule has 0 radical (unpaired) electrons. The molecule has 0 fully saturated rings. The predicted molar refractivity (Wildman–Crippen MR) is 194 cm³/mol. The van der Waals surface area contributed by atoms with Crippen molar-refractivity contribution in [2.45, 2.75) is 44.6 Å². The monoisotopic (exact) mass is 713 g/mol. The van der Waals surface area contributed by atoms with Gasteiger partial charge in [-0.3, -0.25) is 19.1 Å². The number of carbonyl (C=O) groups excluding carboxylic acids is 1. The predicted octanol–water partition coefficient (Wildman–Crippen LogP) is 6.61. The number of anilines is 1. The summed E-state index contributed by atoms with van der Waals surface area (Å²) < 4.78 is 52.3. The highest BCUT2D eigenvalue weighted by atomic mass is 32.2. The topological polar surface area (TPSA) is 163 Å². The number of H-pyrrole nitrogens is 1. The second kappa shape index (κ2) is 16.6. The van der Waals surface area contributed by atoms with Gasteiger partial charge in [0.2, 0.25) is 5.88 Å². The van der Waals surface area contributed by atoms with E-state index >= 15 is 0 Å². The van der Waals surface area contributed by atoms with E-state index in [4.69, 9.17) is 4.74 Å². The molecule has 13 heteroatoms. The zero-order chi connectivity index (χ0) is 36.4. The van der Waals surface area contributed by atoms with Crippen molar-refractivity contribution in [3.05, 3.63) is 131 Å². The number of halogens is 1. The van der Waals surface area contributed by atoms with E-state index in [2.05, 4.69) is 40.0 Å². The Bertz CT molecular complexity index is 2110. The van der Waals surface area contributed by atoms with Crippen LogP contribution in [0.1, 0.15) is 49.0 Å². The molecule has 5 N–H and O–H groups in total. The lowest BCUT2D eigenvalue weighted by Gasteiger charge is -2.25. The average Bonchev–Trinajstić information content (AvgIpc) is 3.11. The molecule has 51 heavy (non-hydrogen) atoms. The Labute approximate surface area is 296 Å². The molecule has 0 saturated heterocycles. The van der Waals surface area contributed by atoms with Crippen LogP contribution in [-0.2, 0) is 16.7 Å². The molecule has 5 rings (SSSR count). The summed E-state index contributed by atoms with van der Waals surface area (Å²) in [4.78, 5) is 32.8. The second-order valence-electron chi connectivity index (χ2n) is 12.8. The summed E-state index contributed by atoms with van der Waals surface area (Å²) in [5.74, 6) is 0.118. The summed E-state index contributed by atoms with van der Waals surface area (Å²) >= 11 is 0. The fourth-order valence-corrected chi connectivity index (χ4v) is 6.15. The van der Waals surface area contributed by atoms with Crippen molar-refractivity contribution in [1.82, 2.24) is 20.7 Å². The maximum absolute atomic E-state index is 13.7. The van der Waals surface area contributed by atoms with Gasteiger partial charge < -0.3 is 15.5 Å². The Morgan fingerprint density at radius 3 is 2.33 bits per heavy atom. The van der Waals surface area contributed by atoms with Crippen molar-refractivity contribution in [3.63, 3.8) is 0 Å². The first-order valence-electron chi connectivity index (χ1n) is 16.4. The molecule has 5 aromatic rings. The van der Waals surface area contributed by atoms with E-state index in [1.54, 1.807) is 42.5 Å². The number of unbranched alkanes of at least 4 members (excludes halogenated alkanes) is 1. The van der Waals surface area contributed by atoms with Crippen LogP contribution < -0.4 is 26.5 Å². The first-order valence-corrected chi connectivity index (χ1v) is 17.8. The van der Waals surface area contributed by atoms with Gasteiger partial charge in [0.05, 0.1) is 17.1 Å². The Morgan fingerprint density at radius 1 is 0.922 bits per heavy atom. The van der Waals surface area contributed by atoms with Gasteiger partial charge in [-0.15, -0.1) is 0 Å². The minimum atomic E-state index is -4.35. The largest absolute Gasteiger partial charge is 0.478 e. The van der Waals surface area contributed by atoms with Gasteiger partial charge in [-0.1, -0.05) is 74.5 Å². The van der Waals surface area contributed by atoms with Crippen LogP contribution in [0.15, 0.2) is 113 Å². The molecule has 2 aromatic heterocycles. The van der Waals surface area contributed by atoms with E-state index in [9.17, 15) is 27.0 Å². The van der Waals surface area contributed by atoms with E-state index in [1.807, 2.05) is 30.3 Å². The summed E-state index contributed by atoms with van der Waals surface area (Å²) in [5, 5.41) is 2.97. The first-order chi connectivity index (χ1) is 24.4. The van der Waals surface area contributed by atoms with Crippen LogP contribution in [0.4, 0.5) is 10.2 Å². The Kier molecular flexibility index (Phi) is 12.0. The minimum absolute atomic E-state index is 0.0967. The molecule has 3 aromatic carbocycles. The zero-order valence-electron chi connectivity index (χ0n) is 28.3. The summed E-state index contributed by atoms with van der Waals surface area (Å²) in [7, 11) is -4.35. The number of rotatable bonds is 16. The van der Waals surface area contributed by atoms with Gasteiger partial charge in [-0.05, 0) is 77.8 Å². The number of hydrogen-bond acceptors (Lipinski definition) is 8. The highest BCUT2D eigenvalue weighted by molar-refractivity contribution is 7.85. The molecule has 0 unspecified atom stereocenters. The number of benzene rings is 3. The van der Waals surface area contributed by atoms with Crippen molar-refractivity contribution < 1.29 is 26.9 Å². The van der Waals surface area contributed by atoms with Crippen molar-refractivity contribution in [1.29, 1.82) is 0 Å². The van der Waals surface area contributed by atoms with Crippen LogP contribution in [0, 0.1) is 11.2 Å². The normalized spacial score (nSPS) is 11.6. The lowest BCUT2D eigenvalue weighted by atomic mass is 9.87. The van der Waals surface area contributed by atoms with Crippen LogP contribution in [0.25, 0.3) is 22.3 Å². The third kappa shape index (κ3) is 10.3. The van der Waals surface area contributed by atoms with Crippen molar-refractivity contribution in [2.24, 2.45) is 5.41 Å². The molecule has 0 atom stereocenters. The van der Waals surface area contributed by atoms with Crippen molar-refractivity contribution >= 4 is 21.8 Å². The molecule has 0 aliphatic heterocycles. The lowest BCUT2D eigenvalue weighted by molar-refractivity contribution is 0.0933. The van der Waals surface area contributed by atoms with E-state index in [0.29, 0.717) is 53.5 Å². The van der Waals surface area contributed by atoms with Gasteiger partial charge in [0.15, 0.2) is 0 Å². The summed E-state index contributed by atoms with van der Waals surface area (Å²) in [6.45, 7) is 5.02. The SMILES string of the molecule is CC(C)(CCCCOc1[nH]c(=O)c(-c2ccccc2)cc1-c1ccc(F)cc1)CNC(=O)c1ccc(NNCc2ccccc2S(=O)(=O)O)nc1. The maximum Gasteiger partial charge on any atom is 0.294 e. The molecule has 2 heterocycles. The maximum atomic E-state index is 13.7. The van der Waals surface area contributed by atoms with Gasteiger partial charge in [0.25, 0.3) is 21.6 Å². The van der Waals surface area contributed by atoms with Gasteiger partial charge in [0, 0.05) is 30.4 Å². The van der Waals surface area contributed by atoms with Gasteiger partial charge in [-0.2, -0.15) is 8.42 Å². The number of nitrogens with zero attached hydrogens (tertiary/aromatic N) is 1. The number of hydrogen-bond donors (Lipinski definition) is 5. The number of amides is 1. The highest BCUT2D eigenvalue weighted by Crippen LogP contribution is 2.31. The van der Waals surface area contributed by atoms with Gasteiger partial charge in [-0.25, -0.2) is 14.8 Å². The van der Waals surface area contributed by atoms with Gasteiger partial charge in [0.1, 0.15) is 11.6 Å². The van der Waals surface area contributed by atoms with Crippen molar-refractivity contribution in [3.8, 4) is 28.1 Å². The number of pyridine rings is 2. The molecule has 0 bridgehead atoms. The van der Waals surface area contributed by atoms with Crippen LogP contribution in [0.5, 0.6) is 5.88 Å². The number of carbonyl (C=O) groups is 1. The summed E-state index contributed by atoms with van der Waals surface area (Å²) in [6.07, 6.45) is 3.76. The van der Waals surface area contributed by atoms with E-state index < -0.39 is 10.1 Å².